The number of hydrogen-bond donors (Lipinski definition) is 1. The van der Waals surface area contributed by atoms with Gasteiger partial charge in [-0.05, 0) is 18.6 Å². The third kappa shape index (κ3) is 3.52. The zero-order chi connectivity index (χ0) is 14.5. The molecule has 106 valence electrons. The largest absolute Gasteiger partial charge is 0.481 e. The molecule has 2 aromatic rings. The second kappa shape index (κ2) is 6.76. The van der Waals surface area contributed by atoms with Gasteiger partial charge in [0.1, 0.15) is 5.82 Å². The molecule has 2 rings (SSSR count). The van der Waals surface area contributed by atoms with E-state index in [1.165, 1.54) is 11.8 Å². The Morgan fingerprint density at radius 2 is 2.15 bits per heavy atom. The number of thioether (sulfide) groups is 1. The summed E-state index contributed by atoms with van der Waals surface area (Å²) in [6.07, 6.45) is 0.578. The van der Waals surface area contributed by atoms with Crippen molar-refractivity contribution in [2.45, 2.75) is 25.0 Å². The van der Waals surface area contributed by atoms with Gasteiger partial charge in [0.2, 0.25) is 0 Å². The highest BCUT2D eigenvalue weighted by atomic mass is 35.5. The summed E-state index contributed by atoms with van der Waals surface area (Å²) in [4.78, 5) is 10.6. The first-order chi connectivity index (χ1) is 9.61. The van der Waals surface area contributed by atoms with Gasteiger partial charge in [0.15, 0.2) is 5.16 Å². The van der Waals surface area contributed by atoms with Gasteiger partial charge in [0.05, 0.1) is 5.75 Å². The predicted molar refractivity (Wildman–Crippen MR) is 78.3 cm³/mol. The van der Waals surface area contributed by atoms with Crippen LogP contribution in [0.5, 0.6) is 0 Å². The van der Waals surface area contributed by atoms with Gasteiger partial charge in [0.25, 0.3) is 0 Å². The molecule has 7 heteroatoms. The Balaban J connectivity index is 2.20. The average molecular weight is 312 g/mol. The lowest BCUT2D eigenvalue weighted by Gasteiger charge is -2.07. The molecule has 0 bridgehead atoms. The number of aromatic nitrogens is 3. The minimum absolute atomic E-state index is 0.0236. The van der Waals surface area contributed by atoms with Crippen molar-refractivity contribution in [2.24, 2.45) is 0 Å². The van der Waals surface area contributed by atoms with Crippen molar-refractivity contribution in [1.82, 2.24) is 14.8 Å². The first kappa shape index (κ1) is 14.9. The standard InChI is InChI=1S/C13H14ClN3O2S/c1-2-17-11(7-9-5-3-4-6-10(9)14)15-16-13(17)20-8-12(18)19/h3-6H,2,7-8H2,1H3,(H,18,19). The molecule has 1 heterocycles. The minimum Gasteiger partial charge on any atom is -0.481 e. The highest BCUT2D eigenvalue weighted by Crippen LogP contribution is 2.21. The number of halogens is 1. The molecule has 0 amide bonds. The number of rotatable bonds is 6. The number of carboxylic acids is 1. The van der Waals surface area contributed by atoms with Gasteiger partial charge in [-0.1, -0.05) is 41.6 Å². The summed E-state index contributed by atoms with van der Waals surface area (Å²) in [6.45, 7) is 2.67. The molecule has 1 aromatic heterocycles. The fraction of sp³-hybridized carbons (Fsp3) is 0.308. The van der Waals surface area contributed by atoms with Gasteiger partial charge >= 0.3 is 5.97 Å². The number of carboxylic acid groups (broad SMARTS) is 1. The molecule has 0 aliphatic heterocycles. The van der Waals surface area contributed by atoms with E-state index in [1.807, 2.05) is 35.8 Å². The summed E-state index contributed by atoms with van der Waals surface area (Å²) in [5.74, 6) is -0.105. The predicted octanol–water partition coefficient (Wildman–Crippen LogP) is 2.72. The fourth-order valence-electron chi connectivity index (χ4n) is 1.81. The molecule has 0 aliphatic carbocycles. The van der Waals surface area contributed by atoms with Crippen LogP contribution in [-0.2, 0) is 17.8 Å². The lowest BCUT2D eigenvalue weighted by molar-refractivity contribution is -0.133. The molecular weight excluding hydrogens is 298 g/mol. The Morgan fingerprint density at radius 1 is 1.40 bits per heavy atom. The topological polar surface area (TPSA) is 68.0 Å². The lowest BCUT2D eigenvalue weighted by atomic mass is 10.1. The van der Waals surface area contributed by atoms with E-state index in [0.717, 1.165) is 11.4 Å². The van der Waals surface area contributed by atoms with Crippen LogP contribution in [0.2, 0.25) is 5.02 Å². The molecule has 0 spiro atoms. The van der Waals surface area contributed by atoms with Crippen molar-refractivity contribution in [1.29, 1.82) is 0 Å². The van der Waals surface area contributed by atoms with Crippen molar-refractivity contribution in [3.8, 4) is 0 Å². The fourth-order valence-corrected chi connectivity index (χ4v) is 2.76. The number of nitrogens with zero attached hydrogens (tertiary/aromatic N) is 3. The van der Waals surface area contributed by atoms with Gasteiger partial charge in [-0.25, -0.2) is 0 Å². The molecule has 0 saturated heterocycles. The van der Waals surface area contributed by atoms with Crippen LogP contribution in [0.3, 0.4) is 0 Å². The average Bonchev–Trinajstić information content (AvgIpc) is 2.81. The van der Waals surface area contributed by atoms with Crippen LogP contribution in [0.4, 0.5) is 0 Å². The highest BCUT2D eigenvalue weighted by Gasteiger charge is 2.14. The Morgan fingerprint density at radius 3 is 2.80 bits per heavy atom. The van der Waals surface area contributed by atoms with E-state index in [-0.39, 0.29) is 5.75 Å². The molecule has 0 fully saturated rings. The van der Waals surface area contributed by atoms with Gasteiger partial charge in [0, 0.05) is 18.0 Å². The van der Waals surface area contributed by atoms with E-state index in [9.17, 15) is 4.79 Å². The quantitative estimate of drug-likeness (QED) is 0.831. The molecule has 0 aliphatic rings. The summed E-state index contributed by atoms with van der Waals surface area (Å²) in [6, 6.07) is 7.59. The lowest BCUT2D eigenvalue weighted by Crippen LogP contribution is -2.06. The van der Waals surface area contributed by atoms with Gasteiger partial charge < -0.3 is 9.67 Å². The Hall–Kier alpha value is -1.53. The van der Waals surface area contributed by atoms with Crippen LogP contribution in [0.1, 0.15) is 18.3 Å². The monoisotopic (exact) mass is 311 g/mol. The van der Waals surface area contributed by atoms with Crippen LogP contribution in [0.15, 0.2) is 29.4 Å². The highest BCUT2D eigenvalue weighted by molar-refractivity contribution is 7.99. The van der Waals surface area contributed by atoms with Gasteiger partial charge in [-0.2, -0.15) is 0 Å². The van der Waals surface area contributed by atoms with Crippen molar-refractivity contribution in [3.05, 3.63) is 40.7 Å². The van der Waals surface area contributed by atoms with Crippen molar-refractivity contribution < 1.29 is 9.90 Å². The maximum Gasteiger partial charge on any atom is 0.313 e. The zero-order valence-corrected chi connectivity index (χ0v) is 12.5. The summed E-state index contributed by atoms with van der Waals surface area (Å²) < 4.78 is 1.91. The van der Waals surface area contributed by atoms with E-state index in [2.05, 4.69) is 10.2 Å². The molecule has 0 radical (unpaired) electrons. The van der Waals surface area contributed by atoms with E-state index >= 15 is 0 Å². The first-order valence-electron chi connectivity index (χ1n) is 6.12. The van der Waals surface area contributed by atoms with E-state index in [1.54, 1.807) is 0 Å². The van der Waals surface area contributed by atoms with Gasteiger partial charge in [-0.3, -0.25) is 4.79 Å². The summed E-state index contributed by atoms with van der Waals surface area (Å²) in [7, 11) is 0. The summed E-state index contributed by atoms with van der Waals surface area (Å²) in [5, 5.41) is 18.2. The first-order valence-corrected chi connectivity index (χ1v) is 7.48. The molecule has 0 atom stereocenters. The Kier molecular flexibility index (Phi) is 5.03. The number of hydrogen-bond acceptors (Lipinski definition) is 4. The van der Waals surface area contributed by atoms with Crippen LogP contribution in [0.25, 0.3) is 0 Å². The SMILES string of the molecule is CCn1c(Cc2ccccc2Cl)nnc1SCC(=O)O. The van der Waals surface area contributed by atoms with Crippen LogP contribution < -0.4 is 0 Å². The Labute approximate surface area is 126 Å². The molecule has 0 saturated carbocycles. The van der Waals surface area contributed by atoms with Crippen molar-refractivity contribution in [2.75, 3.05) is 5.75 Å². The molecule has 5 nitrogen and oxygen atoms in total. The third-order valence-electron chi connectivity index (χ3n) is 2.74. The maximum absolute atomic E-state index is 10.6. The molecule has 1 aromatic carbocycles. The van der Waals surface area contributed by atoms with E-state index in [0.29, 0.717) is 23.1 Å². The zero-order valence-electron chi connectivity index (χ0n) is 10.9. The minimum atomic E-state index is -0.867. The van der Waals surface area contributed by atoms with E-state index < -0.39 is 5.97 Å². The second-order valence-electron chi connectivity index (χ2n) is 4.09. The summed E-state index contributed by atoms with van der Waals surface area (Å²) in [5.41, 5.74) is 0.978. The normalized spacial score (nSPS) is 10.7. The van der Waals surface area contributed by atoms with Gasteiger partial charge in [-0.15, -0.1) is 10.2 Å². The van der Waals surface area contributed by atoms with E-state index in [4.69, 9.17) is 16.7 Å². The third-order valence-corrected chi connectivity index (χ3v) is 4.06. The molecule has 1 N–H and O–H groups in total. The van der Waals surface area contributed by atoms with Crippen molar-refractivity contribution in [3.63, 3.8) is 0 Å². The van der Waals surface area contributed by atoms with Crippen LogP contribution in [0, 0.1) is 0 Å². The van der Waals surface area contributed by atoms with Crippen LogP contribution >= 0.6 is 23.4 Å². The number of benzene rings is 1. The summed E-state index contributed by atoms with van der Waals surface area (Å²) >= 11 is 7.31. The van der Waals surface area contributed by atoms with Crippen LogP contribution in [-0.4, -0.2) is 31.6 Å². The molecular formula is C13H14ClN3O2S. The van der Waals surface area contributed by atoms with Crippen molar-refractivity contribution >= 4 is 29.3 Å². The number of aliphatic carboxylic acids is 1. The number of carbonyl (C=O) groups is 1. The Bertz CT molecular complexity index is 615. The second-order valence-corrected chi connectivity index (χ2v) is 5.44. The maximum atomic E-state index is 10.6. The molecule has 20 heavy (non-hydrogen) atoms. The smallest absolute Gasteiger partial charge is 0.313 e. The molecule has 0 unspecified atom stereocenters.